The minimum absolute atomic E-state index is 0.0894. The van der Waals surface area contributed by atoms with E-state index >= 15 is 0 Å². The number of methoxy groups -OCH3 is 3. The highest BCUT2D eigenvalue weighted by Gasteiger charge is 2.30. The maximum Gasteiger partial charge on any atom is 0.229 e. The molecule has 6 nitrogen and oxygen atoms in total. The Balaban J connectivity index is 1.48. The van der Waals surface area contributed by atoms with Gasteiger partial charge in [0.15, 0.2) is 11.5 Å². The third-order valence-electron chi connectivity index (χ3n) is 5.57. The second-order valence-corrected chi connectivity index (χ2v) is 8.27. The predicted molar refractivity (Wildman–Crippen MR) is 121 cm³/mol. The average Bonchev–Trinajstić information content (AvgIpc) is 3.48. The van der Waals surface area contributed by atoms with Crippen molar-refractivity contribution in [2.75, 3.05) is 27.9 Å². The normalized spacial score (nSPS) is 15.7. The smallest absolute Gasteiger partial charge is 0.229 e. The van der Waals surface area contributed by atoms with Crippen LogP contribution in [0.5, 0.6) is 17.2 Å². The van der Waals surface area contributed by atoms with E-state index in [-0.39, 0.29) is 11.9 Å². The molecule has 3 aromatic rings. The molecule has 0 saturated carbocycles. The molecule has 162 valence electrons. The van der Waals surface area contributed by atoms with Gasteiger partial charge in [-0.1, -0.05) is 12.1 Å². The van der Waals surface area contributed by atoms with Crippen LogP contribution >= 0.6 is 11.3 Å². The van der Waals surface area contributed by atoms with Gasteiger partial charge in [-0.25, -0.2) is 4.98 Å². The number of aromatic nitrogens is 1. The Hall–Kier alpha value is -3.06. The molecule has 1 fully saturated rings. The monoisotopic (exact) mass is 438 g/mol. The van der Waals surface area contributed by atoms with Gasteiger partial charge in [0, 0.05) is 17.5 Å². The van der Waals surface area contributed by atoms with Crippen molar-refractivity contribution in [2.45, 2.75) is 25.3 Å². The van der Waals surface area contributed by atoms with Crippen LogP contribution in [-0.4, -0.2) is 43.7 Å². The van der Waals surface area contributed by atoms with Crippen molar-refractivity contribution in [3.63, 3.8) is 0 Å². The summed E-state index contributed by atoms with van der Waals surface area (Å²) in [5.41, 5.74) is 2.85. The molecule has 31 heavy (non-hydrogen) atoms. The number of likely N-dealkylation sites (tertiary alicyclic amines) is 1. The van der Waals surface area contributed by atoms with Crippen LogP contribution in [0.1, 0.15) is 30.1 Å². The number of hydrogen-bond donors (Lipinski definition) is 0. The number of thiazole rings is 1. The van der Waals surface area contributed by atoms with Crippen molar-refractivity contribution in [3.8, 4) is 27.8 Å². The van der Waals surface area contributed by atoms with Crippen molar-refractivity contribution < 1.29 is 19.0 Å². The molecule has 2 aromatic carbocycles. The predicted octanol–water partition coefficient (Wildman–Crippen LogP) is 4.74. The molecule has 0 spiro atoms. The van der Waals surface area contributed by atoms with Crippen LogP contribution in [0.2, 0.25) is 0 Å². The maximum atomic E-state index is 13.1. The van der Waals surface area contributed by atoms with Crippen LogP contribution in [-0.2, 0) is 11.2 Å². The van der Waals surface area contributed by atoms with Gasteiger partial charge in [0.25, 0.3) is 0 Å². The lowest BCUT2D eigenvalue weighted by Gasteiger charge is -2.25. The van der Waals surface area contributed by atoms with Gasteiger partial charge in [0.05, 0.1) is 39.5 Å². The first kappa shape index (κ1) is 21.2. The van der Waals surface area contributed by atoms with Crippen LogP contribution in [0, 0.1) is 0 Å². The fourth-order valence-corrected chi connectivity index (χ4v) is 4.82. The Morgan fingerprint density at radius 1 is 1.10 bits per heavy atom. The molecule has 1 unspecified atom stereocenters. The van der Waals surface area contributed by atoms with Crippen LogP contribution < -0.4 is 14.2 Å². The standard InChI is InChI=1S/C24H26N2O4S/c1-28-19-7-4-6-16(12-19)20-8-5-11-26(20)23(27)14-18-15-31-24(25-18)17-9-10-21(29-2)22(13-17)30-3/h4,6-7,9-10,12-13,15,20H,5,8,11,14H2,1-3H3. The van der Waals surface area contributed by atoms with Crippen LogP contribution in [0.25, 0.3) is 10.6 Å². The second-order valence-electron chi connectivity index (χ2n) is 7.41. The molecular weight excluding hydrogens is 412 g/mol. The largest absolute Gasteiger partial charge is 0.497 e. The molecule has 1 aliphatic heterocycles. The van der Waals surface area contributed by atoms with Gasteiger partial charge in [0.2, 0.25) is 5.91 Å². The van der Waals surface area contributed by atoms with E-state index in [0.717, 1.165) is 47.0 Å². The summed E-state index contributed by atoms with van der Waals surface area (Å²) in [6, 6.07) is 13.8. The highest BCUT2D eigenvalue weighted by Crippen LogP contribution is 2.35. The molecule has 0 N–H and O–H groups in total. The first-order valence-electron chi connectivity index (χ1n) is 10.2. The highest BCUT2D eigenvalue weighted by molar-refractivity contribution is 7.13. The number of ether oxygens (including phenoxy) is 3. The number of nitrogens with zero attached hydrogens (tertiary/aromatic N) is 2. The van der Waals surface area contributed by atoms with E-state index in [0.29, 0.717) is 17.9 Å². The number of hydrogen-bond acceptors (Lipinski definition) is 6. The molecule has 1 atom stereocenters. The third kappa shape index (κ3) is 4.51. The second kappa shape index (κ2) is 9.39. The molecule has 4 rings (SSSR count). The molecule has 1 saturated heterocycles. The number of rotatable bonds is 7. The Morgan fingerprint density at radius 2 is 1.94 bits per heavy atom. The lowest BCUT2D eigenvalue weighted by atomic mass is 10.0. The first-order valence-corrected chi connectivity index (χ1v) is 11.1. The van der Waals surface area contributed by atoms with E-state index in [1.54, 1.807) is 21.3 Å². The van der Waals surface area contributed by atoms with Crippen molar-refractivity contribution in [1.82, 2.24) is 9.88 Å². The summed E-state index contributed by atoms with van der Waals surface area (Å²) >= 11 is 1.53. The van der Waals surface area contributed by atoms with Gasteiger partial charge in [-0.2, -0.15) is 0 Å². The Bertz CT molecular complexity index is 1070. The lowest BCUT2D eigenvalue weighted by molar-refractivity contribution is -0.131. The number of benzene rings is 2. The van der Waals surface area contributed by atoms with Crippen LogP contribution in [0.4, 0.5) is 0 Å². The summed E-state index contributed by atoms with van der Waals surface area (Å²) < 4.78 is 16.0. The molecular formula is C24H26N2O4S. The van der Waals surface area contributed by atoms with Gasteiger partial charge in [-0.05, 0) is 48.7 Å². The van der Waals surface area contributed by atoms with E-state index in [1.165, 1.54) is 11.3 Å². The molecule has 1 aromatic heterocycles. The summed E-state index contributed by atoms with van der Waals surface area (Å²) in [5, 5.41) is 2.81. The summed E-state index contributed by atoms with van der Waals surface area (Å²) in [6.07, 6.45) is 2.26. The van der Waals surface area contributed by atoms with Gasteiger partial charge < -0.3 is 19.1 Å². The Morgan fingerprint density at radius 3 is 2.71 bits per heavy atom. The molecule has 1 aliphatic rings. The topological polar surface area (TPSA) is 60.9 Å². The zero-order valence-electron chi connectivity index (χ0n) is 18.0. The molecule has 1 amide bonds. The lowest BCUT2D eigenvalue weighted by Crippen LogP contribution is -2.31. The molecule has 0 bridgehead atoms. The summed E-state index contributed by atoms with van der Waals surface area (Å²) in [5.74, 6) is 2.26. The highest BCUT2D eigenvalue weighted by atomic mass is 32.1. The first-order chi connectivity index (χ1) is 15.1. The quantitative estimate of drug-likeness (QED) is 0.533. The van der Waals surface area contributed by atoms with E-state index in [1.807, 2.05) is 46.7 Å². The van der Waals surface area contributed by atoms with E-state index in [4.69, 9.17) is 19.2 Å². The van der Waals surface area contributed by atoms with Crippen LogP contribution in [0.3, 0.4) is 0 Å². The third-order valence-corrected chi connectivity index (χ3v) is 6.51. The fraction of sp³-hybridized carbons (Fsp3) is 0.333. The summed E-state index contributed by atoms with van der Waals surface area (Å²) in [4.78, 5) is 19.8. The van der Waals surface area contributed by atoms with E-state index in [2.05, 4.69) is 6.07 Å². The SMILES string of the molecule is COc1cccc(C2CCCN2C(=O)Cc2csc(-c3ccc(OC)c(OC)c3)n2)c1. The minimum Gasteiger partial charge on any atom is -0.497 e. The molecule has 2 heterocycles. The zero-order chi connectivity index (χ0) is 21.8. The van der Waals surface area contributed by atoms with Gasteiger partial charge in [-0.15, -0.1) is 11.3 Å². The fourth-order valence-electron chi connectivity index (χ4n) is 4.01. The summed E-state index contributed by atoms with van der Waals surface area (Å²) in [6.45, 7) is 0.771. The average molecular weight is 439 g/mol. The number of carbonyl (C=O) groups excluding carboxylic acids is 1. The maximum absolute atomic E-state index is 13.1. The van der Waals surface area contributed by atoms with Crippen molar-refractivity contribution >= 4 is 17.2 Å². The van der Waals surface area contributed by atoms with Gasteiger partial charge in [-0.3, -0.25) is 4.79 Å². The van der Waals surface area contributed by atoms with Gasteiger partial charge in [0.1, 0.15) is 10.8 Å². The molecule has 0 radical (unpaired) electrons. The van der Waals surface area contributed by atoms with Crippen molar-refractivity contribution in [3.05, 3.63) is 59.1 Å². The zero-order valence-corrected chi connectivity index (χ0v) is 18.8. The minimum atomic E-state index is 0.0894. The Kier molecular flexibility index (Phi) is 6.42. The number of amides is 1. The van der Waals surface area contributed by atoms with Crippen molar-refractivity contribution in [2.24, 2.45) is 0 Å². The number of carbonyl (C=O) groups is 1. The molecule has 7 heteroatoms. The summed E-state index contributed by atoms with van der Waals surface area (Å²) in [7, 11) is 4.89. The van der Waals surface area contributed by atoms with E-state index < -0.39 is 0 Å². The Labute approximate surface area is 186 Å². The van der Waals surface area contributed by atoms with Gasteiger partial charge >= 0.3 is 0 Å². The van der Waals surface area contributed by atoms with E-state index in [9.17, 15) is 4.79 Å². The van der Waals surface area contributed by atoms with Crippen molar-refractivity contribution in [1.29, 1.82) is 0 Å². The van der Waals surface area contributed by atoms with Crippen LogP contribution in [0.15, 0.2) is 47.8 Å². The molecule has 0 aliphatic carbocycles.